The first-order valence-electron chi connectivity index (χ1n) is 2.13. The van der Waals surface area contributed by atoms with Gasteiger partial charge in [-0.3, -0.25) is 0 Å². The van der Waals surface area contributed by atoms with Crippen molar-refractivity contribution in [3.8, 4) is 0 Å². The summed E-state index contributed by atoms with van der Waals surface area (Å²) in [6.45, 7) is 2.10. The molecule has 0 aromatic carbocycles. The molecule has 0 saturated heterocycles. The fraction of sp³-hybridized carbons (Fsp3) is 1.00. The van der Waals surface area contributed by atoms with Gasteiger partial charge in [0.05, 0.1) is 15.7 Å². The molecule has 0 saturated carbocycles. The largest absolute Gasteiger partial charge is 0.386 e. The molecular weight excluding hydrogens is 85.7 g/mol. The lowest BCUT2D eigenvalue weighted by atomic mass is 9.56. The third-order valence-electron chi connectivity index (χ3n) is 0.455. The smallest absolute Gasteiger partial charge is 0.0647 e. The van der Waals surface area contributed by atoms with Gasteiger partial charge in [0.1, 0.15) is 0 Å². The molecule has 0 aliphatic rings. The quantitative estimate of drug-likeness (QED) is 0.441. The van der Waals surface area contributed by atoms with Gasteiger partial charge < -0.3 is 4.74 Å². The van der Waals surface area contributed by atoms with E-state index >= 15 is 0 Å². The Labute approximate surface area is 47.3 Å². The van der Waals surface area contributed by atoms with Gasteiger partial charge in [-0.15, -0.1) is 0 Å². The van der Waals surface area contributed by atoms with E-state index in [0.717, 1.165) is 0 Å². The fourth-order valence-corrected chi connectivity index (χ4v) is 0.311. The molecule has 1 nitrogen and oxygen atoms in total. The second kappa shape index (κ2) is 2.41. The van der Waals surface area contributed by atoms with Crippen molar-refractivity contribution in [2.45, 2.75) is 12.1 Å². The van der Waals surface area contributed by atoms with Gasteiger partial charge >= 0.3 is 0 Å². The highest BCUT2D eigenvalue weighted by Gasteiger charge is 2.06. The van der Waals surface area contributed by atoms with E-state index in [9.17, 15) is 0 Å². The second-order valence-corrected chi connectivity index (χ2v) is 1.94. The normalized spacial score (nSPS) is 11.7. The Bertz CT molecular complexity index is 48.1. The number of hydrogen-bond donors (Lipinski definition) is 0. The molecule has 0 fully saturated rings. The summed E-state index contributed by atoms with van der Waals surface area (Å²) >= 11 is 0. The number of ether oxygens (including phenoxy) is 1. The monoisotopic (exact) mass is 94.1 g/mol. The van der Waals surface area contributed by atoms with Crippen LogP contribution in [0.2, 0.25) is 5.21 Å². The molecule has 0 aliphatic carbocycles. The average Bonchev–Trinajstić information content (AvgIpc) is 1.30. The highest BCUT2D eigenvalue weighted by Crippen LogP contribution is 2.11. The maximum absolute atomic E-state index is 5.30. The van der Waals surface area contributed by atoms with Crippen molar-refractivity contribution < 1.29 is 4.74 Å². The van der Waals surface area contributed by atoms with Crippen LogP contribution in [0.3, 0.4) is 0 Å². The van der Waals surface area contributed by atoms with Gasteiger partial charge in [-0.05, 0) is 0 Å². The number of hydrogen-bond acceptors (Lipinski definition) is 1. The zero-order valence-electron chi connectivity index (χ0n) is 4.77. The first kappa shape index (κ1) is 7.09. The molecule has 0 bridgehead atoms. The van der Waals surface area contributed by atoms with Gasteiger partial charge in [-0.2, -0.15) is 0 Å². The second-order valence-electron chi connectivity index (χ2n) is 1.94. The summed E-state index contributed by atoms with van der Waals surface area (Å²) in [5.74, 6) is 0. The van der Waals surface area contributed by atoms with E-state index in [1.54, 1.807) is 14.0 Å². The molecule has 3 heteroatoms. The van der Waals surface area contributed by atoms with Crippen molar-refractivity contribution in [1.82, 2.24) is 0 Å². The van der Waals surface area contributed by atoms with Crippen LogP contribution in [0, 0.1) is 0 Å². The van der Waals surface area contributed by atoms with Gasteiger partial charge in [0.2, 0.25) is 0 Å². The van der Waals surface area contributed by atoms with Crippen LogP contribution < -0.4 is 0 Å². The summed E-state index contributed by atoms with van der Waals surface area (Å²) in [5, 5.41) is -0.672. The Morgan fingerprint density at radius 2 is 2.00 bits per heavy atom. The zero-order valence-corrected chi connectivity index (χ0v) is 4.77. The maximum Gasteiger partial charge on any atom is 0.0647 e. The van der Waals surface area contributed by atoms with E-state index in [1.807, 2.05) is 0 Å². The van der Waals surface area contributed by atoms with E-state index in [2.05, 4.69) is 4.74 Å². The van der Waals surface area contributed by atoms with Crippen LogP contribution in [0.4, 0.5) is 0 Å². The van der Waals surface area contributed by atoms with Gasteiger partial charge in [-0.1, -0.05) is 12.1 Å². The third-order valence-corrected chi connectivity index (χ3v) is 0.455. The van der Waals surface area contributed by atoms with E-state index in [-0.39, 0.29) is 0 Å². The van der Waals surface area contributed by atoms with Gasteiger partial charge in [0.25, 0.3) is 0 Å². The van der Waals surface area contributed by atoms with Crippen LogP contribution in [0.5, 0.6) is 0 Å². The summed E-state index contributed by atoms with van der Waals surface area (Å²) in [6, 6.07) is 0. The van der Waals surface area contributed by atoms with Crippen molar-refractivity contribution in [3.63, 3.8) is 0 Å². The fourth-order valence-electron chi connectivity index (χ4n) is 0.311. The van der Waals surface area contributed by atoms with Gasteiger partial charge in [0, 0.05) is 13.7 Å². The Balaban J connectivity index is 3.15. The Morgan fingerprint density at radius 1 is 1.57 bits per heavy atom. The van der Waals surface area contributed by atoms with Crippen molar-refractivity contribution in [2.75, 3.05) is 13.7 Å². The maximum atomic E-state index is 5.30. The lowest BCUT2D eigenvalue weighted by Gasteiger charge is -2.16. The van der Waals surface area contributed by atoms with Crippen molar-refractivity contribution in [2.24, 2.45) is 0 Å². The highest BCUT2D eigenvalue weighted by molar-refractivity contribution is 6.39. The molecule has 36 valence electrons. The Morgan fingerprint density at radius 3 is 2.00 bits per heavy atom. The van der Waals surface area contributed by atoms with Crippen molar-refractivity contribution >= 4 is 15.7 Å². The molecule has 0 unspecified atom stereocenters. The SMILES string of the molecule is [B]C([B])(C)COC. The molecule has 0 N–H and O–H groups in total. The summed E-state index contributed by atoms with van der Waals surface area (Å²) in [6.07, 6.45) is 0. The first-order valence-corrected chi connectivity index (χ1v) is 2.13. The molecule has 0 aromatic heterocycles. The molecule has 0 rings (SSSR count). The van der Waals surface area contributed by atoms with Crippen LogP contribution in [-0.2, 0) is 4.74 Å². The highest BCUT2D eigenvalue weighted by atomic mass is 16.5. The molecule has 0 spiro atoms. The summed E-state index contributed by atoms with van der Waals surface area (Å²) in [5.41, 5.74) is 0. The van der Waals surface area contributed by atoms with Crippen molar-refractivity contribution in [1.29, 1.82) is 0 Å². The predicted octanol–water partition coefficient (Wildman–Crippen LogP) is 0.106. The zero-order chi connectivity index (χ0) is 5.91. The van der Waals surface area contributed by atoms with E-state index in [0.29, 0.717) is 6.61 Å². The van der Waals surface area contributed by atoms with Gasteiger partial charge in [-0.25, -0.2) is 0 Å². The average molecular weight is 93.7 g/mol. The first-order chi connectivity index (χ1) is 3.06. The molecule has 4 radical (unpaired) electrons. The van der Waals surface area contributed by atoms with Crippen LogP contribution in [0.1, 0.15) is 6.92 Å². The summed E-state index contributed by atoms with van der Waals surface area (Å²) in [4.78, 5) is 0. The lowest BCUT2D eigenvalue weighted by molar-refractivity contribution is 0.190. The molecule has 0 aliphatic heterocycles. The number of rotatable bonds is 2. The van der Waals surface area contributed by atoms with Crippen LogP contribution in [-0.4, -0.2) is 29.4 Å². The van der Waals surface area contributed by atoms with Crippen LogP contribution in [0.25, 0.3) is 0 Å². The number of methoxy groups -OCH3 is 1. The van der Waals surface area contributed by atoms with Crippen molar-refractivity contribution in [3.05, 3.63) is 0 Å². The topological polar surface area (TPSA) is 9.23 Å². The predicted molar refractivity (Wildman–Crippen MR) is 31.8 cm³/mol. The molecule has 0 amide bonds. The third kappa shape index (κ3) is 6.09. The minimum atomic E-state index is -0.672. The Hall–Kier alpha value is 0.0899. The van der Waals surface area contributed by atoms with Gasteiger partial charge in [0.15, 0.2) is 0 Å². The summed E-state index contributed by atoms with van der Waals surface area (Å²) in [7, 11) is 12.2. The van der Waals surface area contributed by atoms with Crippen LogP contribution in [0.15, 0.2) is 0 Å². The summed E-state index contributed by atoms with van der Waals surface area (Å²) < 4.78 is 4.66. The molecular formula is C4H8B2O. The van der Waals surface area contributed by atoms with E-state index < -0.39 is 5.21 Å². The standard InChI is InChI=1S/C4H8B2O/c1-4(5,6)3-7-2/h3H2,1-2H3. The Kier molecular flexibility index (Phi) is 2.44. The van der Waals surface area contributed by atoms with E-state index in [4.69, 9.17) is 15.7 Å². The van der Waals surface area contributed by atoms with E-state index in [1.165, 1.54) is 0 Å². The minimum Gasteiger partial charge on any atom is -0.386 e. The molecule has 0 atom stereocenters. The molecule has 7 heavy (non-hydrogen) atoms. The van der Waals surface area contributed by atoms with Crippen LogP contribution >= 0.6 is 0 Å². The molecule has 0 heterocycles. The minimum absolute atomic E-state index is 0.396. The molecule has 0 aromatic rings. The lowest BCUT2D eigenvalue weighted by Crippen LogP contribution is -2.14.